The summed E-state index contributed by atoms with van der Waals surface area (Å²) in [5.41, 5.74) is 5.42. The third kappa shape index (κ3) is 2.73. The minimum Gasteiger partial charge on any atom is -0.384 e. The summed E-state index contributed by atoms with van der Waals surface area (Å²) in [6.07, 6.45) is 5.15. The molecular weight excluding hydrogens is 236 g/mol. The fourth-order valence-corrected chi connectivity index (χ4v) is 1.47. The van der Waals surface area contributed by atoms with Crippen LogP contribution in [0.5, 0.6) is 0 Å². The van der Waals surface area contributed by atoms with E-state index in [4.69, 9.17) is 5.73 Å². The van der Waals surface area contributed by atoms with Crippen LogP contribution in [0.25, 0.3) is 0 Å². The third-order valence-electron chi connectivity index (χ3n) is 2.31. The van der Waals surface area contributed by atoms with Crippen LogP contribution in [0.3, 0.4) is 0 Å². The Labute approximate surface area is 103 Å². The van der Waals surface area contributed by atoms with Crippen molar-refractivity contribution < 1.29 is 4.92 Å². The van der Waals surface area contributed by atoms with E-state index < -0.39 is 4.92 Å². The molecule has 0 aliphatic rings. The molecule has 0 amide bonds. The van der Waals surface area contributed by atoms with Crippen LogP contribution in [-0.4, -0.2) is 26.0 Å². The molecule has 0 saturated carbocycles. The number of nitrogens with one attached hydrogen (secondary N) is 1. The van der Waals surface area contributed by atoms with Crippen LogP contribution < -0.4 is 11.1 Å². The highest BCUT2D eigenvalue weighted by molar-refractivity contribution is 5.59. The standard InChI is InChI=1S/C10H12N6O2/c11-9-2-1-8(16(17)18)10(14-9)13-4-6-15-5-3-12-7-15/h1-3,5,7H,4,6H2,(H3,11,13,14). The van der Waals surface area contributed by atoms with Crippen molar-refractivity contribution in [2.75, 3.05) is 17.6 Å². The Morgan fingerprint density at radius 2 is 2.33 bits per heavy atom. The summed E-state index contributed by atoms with van der Waals surface area (Å²) in [4.78, 5) is 18.1. The summed E-state index contributed by atoms with van der Waals surface area (Å²) in [7, 11) is 0. The molecule has 0 aliphatic carbocycles. The topological polar surface area (TPSA) is 112 Å². The largest absolute Gasteiger partial charge is 0.384 e. The minimum atomic E-state index is -0.494. The SMILES string of the molecule is Nc1ccc([N+](=O)[O-])c(NCCn2ccnc2)n1. The second-order valence-corrected chi connectivity index (χ2v) is 3.59. The van der Waals surface area contributed by atoms with E-state index in [1.54, 1.807) is 12.5 Å². The smallest absolute Gasteiger partial charge is 0.311 e. The number of nitrogens with zero attached hydrogens (tertiary/aromatic N) is 4. The summed E-state index contributed by atoms with van der Waals surface area (Å²) in [6, 6.07) is 2.74. The van der Waals surface area contributed by atoms with Gasteiger partial charge in [0.1, 0.15) is 5.82 Å². The Balaban J connectivity index is 2.03. The zero-order valence-corrected chi connectivity index (χ0v) is 9.48. The van der Waals surface area contributed by atoms with Crippen molar-refractivity contribution >= 4 is 17.3 Å². The Kier molecular flexibility index (Phi) is 3.37. The normalized spacial score (nSPS) is 10.2. The first-order chi connectivity index (χ1) is 8.66. The van der Waals surface area contributed by atoms with Crippen LogP contribution in [0.1, 0.15) is 0 Å². The molecule has 94 valence electrons. The van der Waals surface area contributed by atoms with Gasteiger partial charge in [0.2, 0.25) is 5.82 Å². The summed E-state index contributed by atoms with van der Waals surface area (Å²) in [6.45, 7) is 1.13. The van der Waals surface area contributed by atoms with Gasteiger partial charge in [0.25, 0.3) is 0 Å². The lowest BCUT2D eigenvalue weighted by atomic mass is 10.3. The maximum absolute atomic E-state index is 10.8. The number of aromatic nitrogens is 3. The second kappa shape index (κ2) is 5.13. The molecule has 18 heavy (non-hydrogen) atoms. The van der Waals surface area contributed by atoms with E-state index in [0.29, 0.717) is 13.1 Å². The number of rotatable bonds is 5. The monoisotopic (exact) mass is 248 g/mol. The quantitative estimate of drug-likeness (QED) is 0.600. The van der Waals surface area contributed by atoms with Crippen molar-refractivity contribution in [3.63, 3.8) is 0 Å². The van der Waals surface area contributed by atoms with Crippen molar-refractivity contribution in [3.05, 3.63) is 41.0 Å². The van der Waals surface area contributed by atoms with Gasteiger partial charge in [-0.2, -0.15) is 0 Å². The predicted molar refractivity (Wildman–Crippen MR) is 66.0 cm³/mol. The summed E-state index contributed by atoms with van der Waals surface area (Å²) < 4.78 is 1.85. The van der Waals surface area contributed by atoms with E-state index in [1.807, 2.05) is 10.8 Å². The molecule has 0 radical (unpaired) electrons. The molecular formula is C10H12N6O2. The number of hydrogen-bond acceptors (Lipinski definition) is 6. The molecule has 2 rings (SSSR count). The molecule has 0 aromatic carbocycles. The van der Waals surface area contributed by atoms with Gasteiger partial charge in [-0.25, -0.2) is 9.97 Å². The summed E-state index contributed by atoms with van der Waals surface area (Å²) in [5, 5.41) is 13.7. The molecule has 8 heteroatoms. The molecule has 0 spiro atoms. The number of pyridine rings is 1. The average molecular weight is 248 g/mol. The molecule has 0 atom stereocenters. The Bertz CT molecular complexity index is 539. The number of nitrogens with two attached hydrogens (primary N) is 1. The number of imidazole rings is 1. The lowest BCUT2D eigenvalue weighted by Gasteiger charge is -2.07. The number of nitrogen functional groups attached to an aromatic ring is 1. The van der Waals surface area contributed by atoms with Gasteiger partial charge in [0.05, 0.1) is 11.3 Å². The maximum atomic E-state index is 10.8. The minimum absolute atomic E-state index is 0.0881. The summed E-state index contributed by atoms with van der Waals surface area (Å²) >= 11 is 0. The van der Waals surface area contributed by atoms with Crippen molar-refractivity contribution in [2.45, 2.75) is 6.54 Å². The Hall–Kier alpha value is -2.64. The van der Waals surface area contributed by atoms with E-state index in [2.05, 4.69) is 15.3 Å². The third-order valence-corrected chi connectivity index (χ3v) is 2.31. The fraction of sp³-hybridized carbons (Fsp3) is 0.200. The first-order valence-electron chi connectivity index (χ1n) is 5.27. The van der Waals surface area contributed by atoms with Gasteiger partial charge < -0.3 is 15.6 Å². The van der Waals surface area contributed by atoms with Crippen molar-refractivity contribution in [3.8, 4) is 0 Å². The zero-order valence-electron chi connectivity index (χ0n) is 9.48. The van der Waals surface area contributed by atoms with Crippen LogP contribution in [-0.2, 0) is 6.54 Å². The van der Waals surface area contributed by atoms with E-state index in [1.165, 1.54) is 12.1 Å². The molecule has 0 saturated heterocycles. The van der Waals surface area contributed by atoms with Gasteiger partial charge in [0, 0.05) is 31.5 Å². The van der Waals surface area contributed by atoms with Gasteiger partial charge in [0.15, 0.2) is 0 Å². The molecule has 0 bridgehead atoms. The zero-order chi connectivity index (χ0) is 13.0. The van der Waals surface area contributed by atoms with Crippen LogP contribution in [0.4, 0.5) is 17.3 Å². The number of anilines is 2. The molecule has 0 aliphatic heterocycles. The lowest BCUT2D eigenvalue weighted by molar-refractivity contribution is -0.384. The lowest BCUT2D eigenvalue weighted by Crippen LogP contribution is -2.12. The van der Waals surface area contributed by atoms with Crippen molar-refractivity contribution in [1.29, 1.82) is 0 Å². The van der Waals surface area contributed by atoms with Gasteiger partial charge in [-0.15, -0.1) is 0 Å². The number of hydrogen-bond donors (Lipinski definition) is 2. The van der Waals surface area contributed by atoms with Crippen LogP contribution >= 0.6 is 0 Å². The van der Waals surface area contributed by atoms with Gasteiger partial charge in [-0.1, -0.05) is 0 Å². The Morgan fingerprint density at radius 1 is 1.50 bits per heavy atom. The van der Waals surface area contributed by atoms with Gasteiger partial charge >= 0.3 is 5.69 Å². The average Bonchev–Trinajstić information content (AvgIpc) is 2.82. The highest BCUT2D eigenvalue weighted by atomic mass is 16.6. The van der Waals surface area contributed by atoms with E-state index in [-0.39, 0.29) is 17.3 Å². The van der Waals surface area contributed by atoms with Crippen LogP contribution in [0, 0.1) is 10.1 Å². The first-order valence-corrected chi connectivity index (χ1v) is 5.27. The highest BCUT2D eigenvalue weighted by Crippen LogP contribution is 2.22. The predicted octanol–water partition coefficient (Wildman–Crippen LogP) is 0.881. The first kappa shape index (κ1) is 11.8. The molecule has 0 fully saturated rings. The van der Waals surface area contributed by atoms with Crippen molar-refractivity contribution in [2.24, 2.45) is 0 Å². The van der Waals surface area contributed by atoms with Crippen LogP contribution in [0.15, 0.2) is 30.9 Å². The van der Waals surface area contributed by atoms with Gasteiger partial charge in [-0.3, -0.25) is 10.1 Å². The van der Waals surface area contributed by atoms with Gasteiger partial charge in [-0.05, 0) is 6.07 Å². The van der Waals surface area contributed by atoms with E-state index in [0.717, 1.165) is 0 Å². The molecule has 2 heterocycles. The second-order valence-electron chi connectivity index (χ2n) is 3.59. The number of nitro groups is 1. The fourth-order valence-electron chi connectivity index (χ4n) is 1.47. The molecule has 2 aromatic heterocycles. The van der Waals surface area contributed by atoms with Crippen molar-refractivity contribution in [1.82, 2.24) is 14.5 Å². The molecule has 0 unspecified atom stereocenters. The molecule has 3 N–H and O–H groups in total. The van der Waals surface area contributed by atoms with Crippen LogP contribution in [0.2, 0.25) is 0 Å². The molecule has 8 nitrogen and oxygen atoms in total. The van der Waals surface area contributed by atoms with E-state index in [9.17, 15) is 10.1 Å². The van der Waals surface area contributed by atoms with E-state index >= 15 is 0 Å². The summed E-state index contributed by atoms with van der Waals surface area (Å²) in [5.74, 6) is 0.422. The maximum Gasteiger partial charge on any atom is 0.311 e. The molecule has 2 aromatic rings. The highest BCUT2D eigenvalue weighted by Gasteiger charge is 2.14. The Morgan fingerprint density at radius 3 is 3.00 bits per heavy atom.